The van der Waals surface area contributed by atoms with E-state index in [1.807, 2.05) is 12.3 Å². The Morgan fingerprint density at radius 3 is 2.81 bits per heavy atom. The maximum Gasteiger partial charge on any atom is 0.269 e. The molecular formula is C17H15N4+. The van der Waals surface area contributed by atoms with Gasteiger partial charge in [-0.2, -0.15) is 0 Å². The van der Waals surface area contributed by atoms with Gasteiger partial charge < -0.3 is 0 Å². The van der Waals surface area contributed by atoms with Crippen molar-refractivity contribution in [3.8, 4) is 11.5 Å². The van der Waals surface area contributed by atoms with Crippen molar-refractivity contribution in [1.82, 2.24) is 14.1 Å². The average molecular weight is 275 g/mol. The van der Waals surface area contributed by atoms with Crippen molar-refractivity contribution < 1.29 is 4.57 Å². The molecule has 0 atom stereocenters. The van der Waals surface area contributed by atoms with Gasteiger partial charge in [0.2, 0.25) is 0 Å². The highest BCUT2D eigenvalue weighted by Crippen LogP contribution is 2.33. The number of para-hydroxylation sites is 1. The highest BCUT2D eigenvalue weighted by molar-refractivity contribution is 6.04. The second-order valence-corrected chi connectivity index (χ2v) is 5.73. The van der Waals surface area contributed by atoms with E-state index in [4.69, 9.17) is 0 Å². The fourth-order valence-electron chi connectivity index (χ4n) is 3.76. The molecule has 4 heteroatoms. The van der Waals surface area contributed by atoms with E-state index in [1.54, 1.807) is 0 Å². The van der Waals surface area contributed by atoms with Gasteiger partial charge in [-0.3, -0.25) is 9.13 Å². The van der Waals surface area contributed by atoms with Crippen molar-refractivity contribution in [3.63, 3.8) is 0 Å². The first kappa shape index (κ1) is 11.1. The molecule has 1 aromatic carbocycles. The van der Waals surface area contributed by atoms with Crippen LogP contribution < -0.4 is 4.57 Å². The summed E-state index contributed by atoms with van der Waals surface area (Å²) >= 11 is 0. The Balaban J connectivity index is 2.02. The van der Waals surface area contributed by atoms with Crippen LogP contribution in [0, 0.1) is 0 Å². The summed E-state index contributed by atoms with van der Waals surface area (Å²) in [5.41, 5.74) is 6.25. The monoisotopic (exact) mass is 275 g/mol. The van der Waals surface area contributed by atoms with Crippen molar-refractivity contribution in [2.45, 2.75) is 6.54 Å². The molecule has 0 fully saturated rings. The fraction of sp³-hybridized carbons (Fsp3) is 0.176. The van der Waals surface area contributed by atoms with Gasteiger partial charge in [0.1, 0.15) is 11.2 Å². The van der Waals surface area contributed by atoms with Gasteiger partial charge in [-0.15, -0.1) is 0 Å². The zero-order chi connectivity index (χ0) is 14.1. The molecule has 0 bridgehead atoms. The molecule has 0 radical (unpaired) electrons. The van der Waals surface area contributed by atoms with Gasteiger partial charge in [0, 0.05) is 11.8 Å². The summed E-state index contributed by atoms with van der Waals surface area (Å²) in [6.07, 6.45) is 1.88. The number of benzene rings is 1. The van der Waals surface area contributed by atoms with Crippen molar-refractivity contribution in [1.29, 1.82) is 0 Å². The van der Waals surface area contributed by atoms with Crippen LogP contribution in [0.25, 0.3) is 33.6 Å². The molecule has 21 heavy (non-hydrogen) atoms. The molecule has 0 amide bonds. The van der Waals surface area contributed by atoms with E-state index in [0.717, 1.165) is 12.2 Å². The number of pyridine rings is 1. The number of imidazole rings is 1. The van der Waals surface area contributed by atoms with E-state index in [0.29, 0.717) is 0 Å². The van der Waals surface area contributed by atoms with Gasteiger partial charge in [0.15, 0.2) is 5.52 Å². The molecule has 4 heterocycles. The summed E-state index contributed by atoms with van der Waals surface area (Å²) < 4.78 is 6.96. The second-order valence-electron chi connectivity index (χ2n) is 5.73. The van der Waals surface area contributed by atoms with E-state index in [1.165, 1.54) is 33.5 Å². The lowest BCUT2D eigenvalue weighted by Crippen LogP contribution is -2.33. The quantitative estimate of drug-likeness (QED) is 0.399. The van der Waals surface area contributed by atoms with Crippen molar-refractivity contribution in [2.24, 2.45) is 14.1 Å². The van der Waals surface area contributed by atoms with Gasteiger partial charge >= 0.3 is 0 Å². The van der Waals surface area contributed by atoms with Crippen LogP contribution >= 0.6 is 0 Å². The Hall–Kier alpha value is -2.62. The summed E-state index contributed by atoms with van der Waals surface area (Å²) in [5.74, 6) is 1.21. The fourth-order valence-corrected chi connectivity index (χ4v) is 3.76. The predicted molar refractivity (Wildman–Crippen MR) is 81.9 cm³/mol. The van der Waals surface area contributed by atoms with Gasteiger partial charge in [-0.1, -0.05) is 18.2 Å². The summed E-state index contributed by atoms with van der Waals surface area (Å²) in [6.45, 7) is 0.903. The summed E-state index contributed by atoms with van der Waals surface area (Å²) in [6, 6.07) is 12.8. The van der Waals surface area contributed by atoms with Crippen LogP contribution in [0.2, 0.25) is 0 Å². The Kier molecular flexibility index (Phi) is 1.86. The first-order valence-electron chi connectivity index (χ1n) is 7.17. The minimum absolute atomic E-state index is 0.903. The van der Waals surface area contributed by atoms with Gasteiger partial charge in [0.25, 0.3) is 11.5 Å². The Morgan fingerprint density at radius 2 is 1.90 bits per heavy atom. The van der Waals surface area contributed by atoms with E-state index in [9.17, 15) is 0 Å². The maximum atomic E-state index is 4.60. The minimum atomic E-state index is 0.903. The Bertz CT molecular complexity index is 1040. The molecule has 4 aromatic rings. The molecule has 4 nitrogen and oxygen atoms in total. The SMILES string of the molecule is Cn1c2[n+](c3c1c1ccccc1n3C)Cc1cccnc1-2. The average Bonchev–Trinajstić information content (AvgIpc) is 3.11. The first-order valence-corrected chi connectivity index (χ1v) is 7.17. The highest BCUT2D eigenvalue weighted by Gasteiger charge is 2.34. The number of rotatable bonds is 0. The van der Waals surface area contributed by atoms with Crippen molar-refractivity contribution in [3.05, 3.63) is 48.2 Å². The summed E-state index contributed by atoms with van der Waals surface area (Å²) in [4.78, 5) is 4.60. The zero-order valence-electron chi connectivity index (χ0n) is 12.0. The molecule has 0 aliphatic carbocycles. The smallest absolute Gasteiger partial charge is 0.259 e. The second kappa shape index (κ2) is 3.52. The molecule has 1 aliphatic heterocycles. The van der Waals surface area contributed by atoms with Gasteiger partial charge in [0.05, 0.1) is 26.0 Å². The number of nitrogens with zero attached hydrogens (tertiary/aromatic N) is 4. The maximum absolute atomic E-state index is 4.60. The van der Waals surface area contributed by atoms with Crippen molar-refractivity contribution >= 4 is 22.1 Å². The Morgan fingerprint density at radius 1 is 1.05 bits per heavy atom. The lowest BCUT2D eigenvalue weighted by atomic mass is 10.2. The van der Waals surface area contributed by atoms with E-state index >= 15 is 0 Å². The largest absolute Gasteiger partial charge is 0.269 e. The highest BCUT2D eigenvalue weighted by atomic mass is 15.2. The number of hydrogen-bond donors (Lipinski definition) is 0. The van der Waals surface area contributed by atoms with E-state index in [2.05, 4.69) is 63.1 Å². The molecule has 0 spiro atoms. The molecule has 3 aromatic heterocycles. The molecular weight excluding hydrogens is 260 g/mol. The third kappa shape index (κ3) is 1.17. The molecule has 102 valence electrons. The number of hydrogen-bond acceptors (Lipinski definition) is 1. The lowest BCUT2D eigenvalue weighted by molar-refractivity contribution is -0.648. The summed E-state index contributed by atoms with van der Waals surface area (Å²) in [5, 5.41) is 1.30. The number of aromatic nitrogens is 4. The molecule has 0 N–H and O–H groups in total. The van der Waals surface area contributed by atoms with Crippen LogP contribution in [0.5, 0.6) is 0 Å². The standard InChI is InChI=1S/C17H15N4/c1-19-13-8-4-3-7-12(13)15-17(19)21-10-11-6-5-9-18-14(11)16(21)20(15)2/h3-9H,10H2,1-2H3/q+1. The predicted octanol–water partition coefficient (Wildman–Crippen LogP) is 2.38. The third-order valence-electron chi connectivity index (χ3n) is 4.65. The van der Waals surface area contributed by atoms with Crippen LogP contribution in [0.3, 0.4) is 0 Å². The number of fused-ring (bicyclic) bond motifs is 7. The van der Waals surface area contributed by atoms with Gasteiger partial charge in [-0.25, -0.2) is 9.55 Å². The van der Waals surface area contributed by atoms with E-state index in [-0.39, 0.29) is 0 Å². The third-order valence-corrected chi connectivity index (χ3v) is 4.65. The molecule has 0 unspecified atom stereocenters. The van der Waals surface area contributed by atoms with Crippen LogP contribution in [0.1, 0.15) is 5.56 Å². The van der Waals surface area contributed by atoms with Crippen LogP contribution in [0.15, 0.2) is 42.6 Å². The first-order chi connectivity index (χ1) is 10.3. The van der Waals surface area contributed by atoms with Gasteiger partial charge in [-0.05, 0) is 18.2 Å². The summed E-state index contributed by atoms with van der Waals surface area (Å²) in [7, 11) is 4.29. The number of aryl methyl sites for hydroxylation is 2. The van der Waals surface area contributed by atoms with Crippen LogP contribution in [-0.2, 0) is 20.6 Å². The lowest BCUT2D eigenvalue weighted by Gasteiger charge is -1.97. The molecule has 5 rings (SSSR count). The Labute approximate surface area is 121 Å². The molecule has 1 aliphatic rings. The minimum Gasteiger partial charge on any atom is -0.259 e. The normalized spacial score (nSPS) is 13.0. The van der Waals surface area contributed by atoms with Crippen LogP contribution in [-0.4, -0.2) is 14.1 Å². The van der Waals surface area contributed by atoms with Crippen LogP contribution in [0.4, 0.5) is 0 Å². The van der Waals surface area contributed by atoms with E-state index < -0.39 is 0 Å². The molecule has 0 saturated heterocycles. The zero-order valence-corrected chi connectivity index (χ0v) is 12.0. The topological polar surface area (TPSA) is 26.6 Å². The van der Waals surface area contributed by atoms with Crippen molar-refractivity contribution in [2.75, 3.05) is 0 Å². The molecule has 0 saturated carbocycles.